The van der Waals surface area contributed by atoms with Crippen LogP contribution in [0.3, 0.4) is 0 Å². The van der Waals surface area contributed by atoms with Crippen LogP contribution in [-0.4, -0.2) is 8.42 Å². The summed E-state index contributed by atoms with van der Waals surface area (Å²) in [5.74, 6) is 0. The number of fused-ring (bicyclic) bond motifs is 1. The molecule has 0 spiro atoms. The first-order chi connectivity index (χ1) is 9.60. The molecule has 0 bridgehead atoms. The molecule has 0 N–H and O–H groups in total. The molecule has 20 heavy (non-hydrogen) atoms. The Morgan fingerprint density at radius 2 is 1.50 bits per heavy atom. The Bertz CT molecular complexity index is 874. The summed E-state index contributed by atoms with van der Waals surface area (Å²) in [7, 11) is -3.63. The van der Waals surface area contributed by atoms with Gasteiger partial charge >= 0.3 is 0 Å². The van der Waals surface area contributed by atoms with Gasteiger partial charge in [-0.15, -0.1) is 0 Å². The number of hydrogen-bond donors (Lipinski definition) is 0. The van der Waals surface area contributed by atoms with Crippen LogP contribution in [0.4, 0.5) is 0 Å². The third-order valence-electron chi connectivity index (χ3n) is 3.11. The van der Waals surface area contributed by atoms with Gasteiger partial charge in [0.25, 0.3) is 0 Å². The lowest BCUT2D eigenvalue weighted by Crippen LogP contribution is -2.26. The molecule has 2 aromatic carbocycles. The van der Waals surface area contributed by atoms with Crippen molar-refractivity contribution in [3.63, 3.8) is 0 Å². The van der Waals surface area contributed by atoms with Gasteiger partial charge in [-0.25, -0.2) is 8.42 Å². The summed E-state index contributed by atoms with van der Waals surface area (Å²) in [6, 6.07) is 16.2. The van der Waals surface area contributed by atoms with Gasteiger partial charge in [-0.05, 0) is 18.2 Å². The van der Waals surface area contributed by atoms with Crippen molar-refractivity contribution >= 4 is 20.7 Å². The monoisotopic (exact) mass is 285 g/mol. The number of para-hydroxylation sites is 1. The van der Waals surface area contributed by atoms with E-state index in [-0.39, 0.29) is 9.79 Å². The van der Waals surface area contributed by atoms with Crippen LogP contribution in [0.5, 0.6) is 0 Å². The summed E-state index contributed by atoms with van der Waals surface area (Å²) in [4.78, 5) is 0.361. The molecule has 0 atom stereocenters. The zero-order valence-electron chi connectivity index (χ0n) is 10.4. The van der Waals surface area contributed by atoms with Crippen LogP contribution in [0.2, 0.25) is 0 Å². The molecule has 3 aromatic rings. The van der Waals surface area contributed by atoms with Crippen molar-refractivity contribution in [3.05, 3.63) is 72.1 Å². The first-order valence-electron chi connectivity index (χ1n) is 6.02. The molecule has 0 radical (unpaired) electrons. The molecule has 0 saturated carbocycles. The van der Waals surface area contributed by atoms with Crippen LogP contribution >= 0.6 is 0 Å². The Morgan fingerprint density at radius 1 is 0.850 bits per heavy atom. The fourth-order valence-corrected chi connectivity index (χ4v) is 3.61. The quantitative estimate of drug-likeness (QED) is 0.536. The molecule has 4 nitrogen and oxygen atoms in total. The van der Waals surface area contributed by atoms with Crippen molar-refractivity contribution in [2.45, 2.75) is 9.79 Å². The number of hydrogen-bond acceptors (Lipinski definition) is 3. The fourth-order valence-electron chi connectivity index (χ4n) is 2.14. The molecular weight excluding hydrogens is 274 g/mol. The summed E-state index contributed by atoms with van der Waals surface area (Å²) in [6.45, 7) is 0. The van der Waals surface area contributed by atoms with Crippen molar-refractivity contribution in [1.29, 1.82) is 0 Å². The smallest absolute Gasteiger partial charge is 0.225 e. The molecule has 0 aliphatic rings. The average Bonchev–Trinajstić information content (AvgIpc) is 2.48. The second-order valence-electron chi connectivity index (χ2n) is 4.34. The maximum absolute atomic E-state index is 12.6. The molecule has 3 rings (SSSR count). The maximum Gasteiger partial charge on any atom is 0.225 e. The fraction of sp³-hybridized carbons (Fsp3) is 0. The van der Waals surface area contributed by atoms with Crippen molar-refractivity contribution in [1.82, 2.24) is 0 Å². The largest absolute Gasteiger partial charge is 0.618 e. The Balaban J connectivity index is 2.34. The standard InChI is InChI=1S/C15H11NO3S/c17-16-11-10-15(13-8-4-5-9-14(13)16)20(18,19)12-6-2-1-3-7-12/h1-11H. The minimum Gasteiger partial charge on any atom is -0.618 e. The molecular formula is C15H11NO3S. The summed E-state index contributed by atoms with van der Waals surface area (Å²) >= 11 is 0. The number of sulfone groups is 1. The third-order valence-corrected chi connectivity index (χ3v) is 4.94. The van der Waals surface area contributed by atoms with E-state index in [4.69, 9.17) is 0 Å². The SMILES string of the molecule is O=S(=O)(c1ccccc1)c1cc[n+]([O-])c2ccccc12. The van der Waals surface area contributed by atoms with Crippen molar-refractivity contribution in [2.75, 3.05) is 0 Å². The predicted molar refractivity (Wildman–Crippen MR) is 74.8 cm³/mol. The van der Waals surface area contributed by atoms with Crippen molar-refractivity contribution in [3.8, 4) is 0 Å². The van der Waals surface area contributed by atoms with Crippen molar-refractivity contribution in [2.24, 2.45) is 0 Å². The van der Waals surface area contributed by atoms with E-state index in [1.54, 1.807) is 54.6 Å². The van der Waals surface area contributed by atoms with Crippen molar-refractivity contribution < 1.29 is 13.1 Å². The van der Waals surface area contributed by atoms with Gasteiger partial charge in [0.15, 0.2) is 6.20 Å². The third kappa shape index (κ3) is 1.92. The van der Waals surface area contributed by atoms with E-state index in [1.165, 1.54) is 12.3 Å². The lowest BCUT2D eigenvalue weighted by Gasteiger charge is -2.08. The van der Waals surface area contributed by atoms with E-state index >= 15 is 0 Å². The van der Waals surface area contributed by atoms with Crippen LogP contribution in [0, 0.1) is 5.21 Å². The van der Waals surface area contributed by atoms with Gasteiger partial charge in [-0.3, -0.25) is 0 Å². The van der Waals surface area contributed by atoms with Gasteiger partial charge in [-0.1, -0.05) is 30.3 Å². The second-order valence-corrected chi connectivity index (χ2v) is 6.26. The predicted octanol–water partition coefficient (Wildman–Crippen LogP) is 2.31. The molecule has 5 heteroatoms. The molecule has 100 valence electrons. The number of rotatable bonds is 2. The molecule has 0 unspecified atom stereocenters. The van der Waals surface area contributed by atoms with Crippen LogP contribution in [-0.2, 0) is 9.84 Å². The highest BCUT2D eigenvalue weighted by Gasteiger charge is 2.22. The molecule has 1 heterocycles. The lowest BCUT2D eigenvalue weighted by atomic mass is 10.2. The highest BCUT2D eigenvalue weighted by Crippen LogP contribution is 2.26. The lowest BCUT2D eigenvalue weighted by molar-refractivity contribution is -0.577. The van der Waals surface area contributed by atoms with Gasteiger partial charge in [-0.2, -0.15) is 4.73 Å². The van der Waals surface area contributed by atoms with Crippen LogP contribution < -0.4 is 4.73 Å². The normalized spacial score (nSPS) is 11.6. The first kappa shape index (κ1) is 12.6. The van der Waals surface area contributed by atoms with Gasteiger partial charge in [0.1, 0.15) is 0 Å². The highest BCUT2D eigenvalue weighted by molar-refractivity contribution is 7.91. The molecule has 0 fully saturated rings. The summed E-state index contributed by atoms with van der Waals surface area (Å²) in [5.41, 5.74) is 0.338. The average molecular weight is 285 g/mol. The zero-order valence-corrected chi connectivity index (χ0v) is 11.2. The molecule has 0 aliphatic heterocycles. The minimum absolute atomic E-state index is 0.145. The summed E-state index contributed by atoms with van der Waals surface area (Å²) in [5, 5.41) is 12.1. The van der Waals surface area contributed by atoms with Crippen LogP contribution in [0.1, 0.15) is 0 Å². The van der Waals surface area contributed by atoms with E-state index in [0.29, 0.717) is 15.6 Å². The molecule has 0 saturated heterocycles. The minimum atomic E-state index is -3.63. The number of nitrogens with zero attached hydrogens (tertiary/aromatic N) is 1. The van der Waals surface area contributed by atoms with Gasteiger partial charge in [0.05, 0.1) is 15.2 Å². The highest BCUT2D eigenvalue weighted by atomic mass is 32.2. The van der Waals surface area contributed by atoms with E-state index in [2.05, 4.69) is 0 Å². The first-order valence-corrected chi connectivity index (χ1v) is 7.50. The van der Waals surface area contributed by atoms with Gasteiger partial charge in [0, 0.05) is 12.1 Å². The summed E-state index contributed by atoms with van der Waals surface area (Å²) in [6.07, 6.45) is 1.22. The Hall–Kier alpha value is -2.40. The van der Waals surface area contributed by atoms with Gasteiger partial charge < -0.3 is 5.21 Å². The topological polar surface area (TPSA) is 61.1 Å². The zero-order chi connectivity index (χ0) is 14.2. The number of pyridine rings is 1. The number of benzene rings is 2. The molecule has 0 aliphatic carbocycles. The Kier molecular flexibility index (Phi) is 2.91. The second kappa shape index (κ2) is 4.61. The van der Waals surface area contributed by atoms with E-state index in [9.17, 15) is 13.6 Å². The van der Waals surface area contributed by atoms with E-state index in [0.717, 1.165) is 0 Å². The van der Waals surface area contributed by atoms with Gasteiger partial charge in [0.2, 0.25) is 15.4 Å². The van der Waals surface area contributed by atoms with E-state index < -0.39 is 9.84 Å². The molecule has 1 aromatic heterocycles. The van der Waals surface area contributed by atoms with Crippen LogP contribution in [0.25, 0.3) is 10.9 Å². The Morgan fingerprint density at radius 3 is 2.25 bits per heavy atom. The molecule has 0 amide bonds. The van der Waals surface area contributed by atoms with E-state index in [1.807, 2.05) is 0 Å². The summed E-state index contributed by atoms with van der Waals surface area (Å²) < 4.78 is 26.0. The Labute approximate surface area is 116 Å². The van der Waals surface area contributed by atoms with Crippen LogP contribution in [0.15, 0.2) is 76.7 Å². The maximum atomic E-state index is 12.6. The number of aromatic nitrogens is 1.